The first-order valence-electron chi connectivity index (χ1n) is 9.82. The van der Waals surface area contributed by atoms with Crippen molar-refractivity contribution < 1.29 is 14.3 Å². The molecule has 0 aliphatic carbocycles. The highest BCUT2D eigenvalue weighted by Gasteiger charge is 2.12. The molecule has 0 bridgehead atoms. The Morgan fingerprint density at radius 3 is 2.47 bits per heavy atom. The van der Waals surface area contributed by atoms with Crippen LogP contribution in [0.4, 0.5) is 5.69 Å². The zero-order valence-electron chi connectivity index (χ0n) is 17.3. The number of rotatable bonds is 8. The third-order valence-corrected chi connectivity index (χ3v) is 5.09. The van der Waals surface area contributed by atoms with Crippen molar-refractivity contribution in [3.8, 4) is 17.6 Å². The molecule has 0 heterocycles. The van der Waals surface area contributed by atoms with Gasteiger partial charge in [-0.25, -0.2) is 0 Å². The van der Waals surface area contributed by atoms with Gasteiger partial charge in [0.15, 0.2) is 11.5 Å². The van der Waals surface area contributed by atoms with E-state index < -0.39 is 5.91 Å². The van der Waals surface area contributed by atoms with Crippen LogP contribution >= 0.6 is 23.2 Å². The predicted octanol–water partition coefficient (Wildman–Crippen LogP) is 6.52. The summed E-state index contributed by atoms with van der Waals surface area (Å²) in [5.74, 6) is 0.543. The Bertz CT molecular complexity index is 1170. The van der Waals surface area contributed by atoms with Crippen LogP contribution in [0.25, 0.3) is 6.08 Å². The van der Waals surface area contributed by atoms with Gasteiger partial charge >= 0.3 is 0 Å². The van der Waals surface area contributed by atoms with Crippen LogP contribution in [0.15, 0.2) is 72.3 Å². The first kappa shape index (κ1) is 23.2. The van der Waals surface area contributed by atoms with Crippen molar-refractivity contribution >= 4 is 40.9 Å². The molecular formula is C25H20Cl2N2O3. The Balaban J connectivity index is 1.78. The number of nitrogens with one attached hydrogen (secondary N) is 1. The number of carbonyl (C=O) groups is 1. The summed E-state index contributed by atoms with van der Waals surface area (Å²) in [7, 11) is 0. The molecule has 0 fully saturated rings. The monoisotopic (exact) mass is 466 g/mol. The third kappa shape index (κ3) is 6.27. The van der Waals surface area contributed by atoms with Crippen LogP contribution in [0.3, 0.4) is 0 Å². The SMILES string of the molecule is CCOc1cc(/C=C(\C#N)C(=O)Nc2ccccc2)ccc1OCc1ccc(Cl)c(Cl)c1. The molecule has 3 aromatic carbocycles. The third-order valence-electron chi connectivity index (χ3n) is 4.35. The normalized spacial score (nSPS) is 10.9. The van der Waals surface area contributed by atoms with E-state index in [1.54, 1.807) is 54.6 Å². The van der Waals surface area contributed by atoms with Gasteiger partial charge in [0.2, 0.25) is 0 Å². The zero-order valence-corrected chi connectivity index (χ0v) is 18.8. The fraction of sp³-hybridized carbons (Fsp3) is 0.120. The van der Waals surface area contributed by atoms with Crippen LogP contribution in [0.1, 0.15) is 18.1 Å². The quantitative estimate of drug-likeness (QED) is 0.303. The van der Waals surface area contributed by atoms with Crippen molar-refractivity contribution in [2.24, 2.45) is 0 Å². The molecule has 0 aliphatic heterocycles. The van der Waals surface area contributed by atoms with E-state index in [1.807, 2.05) is 25.1 Å². The van der Waals surface area contributed by atoms with E-state index in [0.29, 0.717) is 39.4 Å². The Labute approximate surface area is 196 Å². The maximum atomic E-state index is 12.5. The van der Waals surface area contributed by atoms with E-state index in [2.05, 4.69) is 5.32 Å². The number of carbonyl (C=O) groups excluding carboxylic acids is 1. The van der Waals surface area contributed by atoms with Crippen LogP contribution in [0, 0.1) is 11.3 Å². The number of halogens is 2. The van der Waals surface area contributed by atoms with Gasteiger partial charge in [0, 0.05) is 5.69 Å². The highest BCUT2D eigenvalue weighted by Crippen LogP contribution is 2.31. The minimum Gasteiger partial charge on any atom is -0.490 e. The molecule has 32 heavy (non-hydrogen) atoms. The molecule has 3 rings (SSSR count). The number of nitrogens with zero attached hydrogens (tertiary/aromatic N) is 1. The van der Waals surface area contributed by atoms with E-state index in [0.717, 1.165) is 5.56 Å². The van der Waals surface area contributed by atoms with E-state index >= 15 is 0 Å². The van der Waals surface area contributed by atoms with Crippen molar-refractivity contribution in [1.29, 1.82) is 5.26 Å². The highest BCUT2D eigenvalue weighted by molar-refractivity contribution is 6.42. The van der Waals surface area contributed by atoms with E-state index in [9.17, 15) is 10.1 Å². The predicted molar refractivity (Wildman–Crippen MR) is 127 cm³/mol. The highest BCUT2D eigenvalue weighted by atomic mass is 35.5. The van der Waals surface area contributed by atoms with Gasteiger partial charge in [-0.05, 0) is 60.5 Å². The van der Waals surface area contributed by atoms with E-state index in [4.69, 9.17) is 32.7 Å². The number of amides is 1. The van der Waals surface area contributed by atoms with Gasteiger partial charge in [0.1, 0.15) is 18.2 Å². The fourth-order valence-electron chi connectivity index (χ4n) is 2.83. The first-order valence-corrected chi connectivity index (χ1v) is 10.6. The number of ether oxygens (including phenoxy) is 2. The molecule has 0 unspecified atom stereocenters. The molecule has 0 radical (unpaired) electrons. The lowest BCUT2D eigenvalue weighted by atomic mass is 10.1. The molecule has 162 valence electrons. The summed E-state index contributed by atoms with van der Waals surface area (Å²) in [5.41, 5.74) is 2.07. The van der Waals surface area contributed by atoms with Gasteiger partial charge in [-0.1, -0.05) is 53.5 Å². The zero-order chi connectivity index (χ0) is 22.9. The van der Waals surface area contributed by atoms with Crippen LogP contribution in [-0.4, -0.2) is 12.5 Å². The Morgan fingerprint density at radius 2 is 1.78 bits per heavy atom. The van der Waals surface area contributed by atoms with Gasteiger partial charge in [-0.15, -0.1) is 0 Å². The number of hydrogen-bond donors (Lipinski definition) is 1. The lowest BCUT2D eigenvalue weighted by molar-refractivity contribution is -0.112. The van der Waals surface area contributed by atoms with Crippen molar-refractivity contribution in [3.63, 3.8) is 0 Å². The molecule has 0 spiro atoms. The number of para-hydroxylation sites is 1. The first-order chi connectivity index (χ1) is 15.5. The second-order valence-electron chi connectivity index (χ2n) is 6.67. The summed E-state index contributed by atoms with van der Waals surface area (Å²) < 4.78 is 11.6. The van der Waals surface area contributed by atoms with Crippen molar-refractivity contribution in [2.75, 3.05) is 11.9 Å². The van der Waals surface area contributed by atoms with Crippen LogP contribution < -0.4 is 14.8 Å². The number of benzene rings is 3. The minimum atomic E-state index is -0.489. The second kappa shape index (κ2) is 11.2. The van der Waals surface area contributed by atoms with Crippen LogP contribution in [-0.2, 0) is 11.4 Å². The van der Waals surface area contributed by atoms with E-state index in [-0.39, 0.29) is 12.2 Å². The van der Waals surface area contributed by atoms with Crippen LogP contribution in [0.5, 0.6) is 11.5 Å². The fourth-order valence-corrected chi connectivity index (χ4v) is 3.15. The van der Waals surface area contributed by atoms with Gasteiger partial charge in [0.25, 0.3) is 5.91 Å². The molecule has 5 nitrogen and oxygen atoms in total. The standard InChI is InChI=1S/C25H20Cl2N2O3/c1-2-31-24-14-17(12-19(15-28)25(30)29-20-6-4-3-5-7-20)9-11-23(24)32-16-18-8-10-21(26)22(27)13-18/h3-14H,2,16H2,1H3,(H,29,30)/b19-12+. The van der Waals surface area contributed by atoms with Crippen LogP contribution in [0.2, 0.25) is 10.0 Å². The van der Waals surface area contributed by atoms with Gasteiger partial charge in [-0.2, -0.15) is 5.26 Å². The van der Waals surface area contributed by atoms with Crippen molar-refractivity contribution in [1.82, 2.24) is 0 Å². The summed E-state index contributed by atoms with van der Waals surface area (Å²) in [6, 6.07) is 21.4. The maximum Gasteiger partial charge on any atom is 0.266 e. The molecule has 0 saturated carbocycles. The van der Waals surface area contributed by atoms with E-state index in [1.165, 1.54) is 6.08 Å². The number of hydrogen-bond acceptors (Lipinski definition) is 4. The molecule has 0 aliphatic rings. The molecular weight excluding hydrogens is 447 g/mol. The summed E-state index contributed by atoms with van der Waals surface area (Å²) in [4.78, 5) is 12.5. The van der Waals surface area contributed by atoms with Crippen molar-refractivity contribution in [3.05, 3.63) is 93.5 Å². The minimum absolute atomic E-state index is 0.0271. The molecule has 1 N–H and O–H groups in total. The smallest absolute Gasteiger partial charge is 0.266 e. The molecule has 0 atom stereocenters. The van der Waals surface area contributed by atoms with Crippen molar-refractivity contribution in [2.45, 2.75) is 13.5 Å². The van der Waals surface area contributed by atoms with Gasteiger partial charge in [0.05, 0.1) is 16.7 Å². The van der Waals surface area contributed by atoms with Gasteiger partial charge in [-0.3, -0.25) is 4.79 Å². The molecule has 0 saturated heterocycles. The summed E-state index contributed by atoms with van der Waals surface area (Å²) in [6.07, 6.45) is 1.50. The Kier molecular flexibility index (Phi) is 8.15. The molecule has 7 heteroatoms. The number of anilines is 1. The molecule has 0 aromatic heterocycles. The summed E-state index contributed by atoms with van der Waals surface area (Å²) >= 11 is 12.0. The average molecular weight is 467 g/mol. The second-order valence-corrected chi connectivity index (χ2v) is 7.48. The van der Waals surface area contributed by atoms with Gasteiger partial charge < -0.3 is 14.8 Å². The largest absolute Gasteiger partial charge is 0.490 e. The topological polar surface area (TPSA) is 71.3 Å². The summed E-state index contributed by atoms with van der Waals surface area (Å²) in [5, 5.41) is 13.1. The summed E-state index contributed by atoms with van der Waals surface area (Å²) in [6.45, 7) is 2.56. The Hall–Kier alpha value is -3.46. The molecule has 3 aromatic rings. The lowest BCUT2D eigenvalue weighted by Gasteiger charge is -2.13. The number of nitriles is 1. The molecule has 1 amide bonds. The maximum absolute atomic E-state index is 12.5. The Morgan fingerprint density at radius 1 is 1.00 bits per heavy atom. The lowest BCUT2D eigenvalue weighted by Crippen LogP contribution is -2.13. The average Bonchev–Trinajstić information content (AvgIpc) is 2.80.